The fourth-order valence-electron chi connectivity index (χ4n) is 1.30. The number of methoxy groups -OCH3 is 2. The molecule has 0 aliphatic carbocycles. The summed E-state index contributed by atoms with van der Waals surface area (Å²) in [6.45, 7) is 1.75. The van der Waals surface area contributed by atoms with Crippen LogP contribution in [-0.2, 0) is 0 Å². The van der Waals surface area contributed by atoms with Crippen LogP contribution < -0.4 is 15.2 Å². The van der Waals surface area contributed by atoms with E-state index in [9.17, 15) is 5.11 Å². The van der Waals surface area contributed by atoms with Gasteiger partial charge in [0.05, 0.1) is 20.3 Å². The Kier molecular flexibility index (Phi) is 3.94. The third-order valence-electron chi connectivity index (χ3n) is 2.21. The van der Waals surface area contributed by atoms with Crippen LogP contribution in [0.1, 0.15) is 18.6 Å². The van der Waals surface area contributed by atoms with Gasteiger partial charge in [-0.2, -0.15) is 0 Å². The summed E-state index contributed by atoms with van der Waals surface area (Å²) >= 11 is 0. The monoisotopic (exact) mass is 211 g/mol. The maximum atomic E-state index is 9.80. The quantitative estimate of drug-likeness (QED) is 0.782. The molecular formula is C11H17NO3. The van der Waals surface area contributed by atoms with Crippen LogP contribution in [-0.4, -0.2) is 25.4 Å². The predicted molar refractivity (Wildman–Crippen MR) is 58.2 cm³/mol. The molecule has 1 aromatic rings. The highest BCUT2D eigenvalue weighted by Crippen LogP contribution is 2.27. The van der Waals surface area contributed by atoms with E-state index in [0.29, 0.717) is 17.1 Å². The Balaban J connectivity index is 3.06. The summed E-state index contributed by atoms with van der Waals surface area (Å²) in [6.07, 6.45) is -0.714. The van der Waals surface area contributed by atoms with Crippen molar-refractivity contribution in [1.82, 2.24) is 0 Å². The number of benzene rings is 1. The summed E-state index contributed by atoms with van der Waals surface area (Å²) in [5, 5.41) is 9.80. The first-order valence-corrected chi connectivity index (χ1v) is 4.75. The summed E-state index contributed by atoms with van der Waals surface area (Å²) in [6, 6.07) is 4.91. The molecule has 4 heteroatoms. The zero-order chi connectivity index (χ0) is 11.4. The molecule has 0 unspecified atom stereocenters. The van der Waals surface area contributed by atoms with E-state index in [1.807, 2.05) is 0 Å². The van der Waals surface area contributed by atoms with Gasteiger partial charge in [0, 0.05) is 12.1 Å². The zero-order valence-electron chi connectivity index (χ0n) is 9.23. The van der Waals surface area contributed by atoms with Crippen molar-refractivity contribution in [2.24, 2.45) is 5.73 Å². The van der Waals surface area contributed by atoms with Gasteiger partial charge >= 0.3 is 0 Å². The van der Waals surface area contributed by atoms with Gasteiger partial charge in [-0.05, 0) is 24.6 Å². The van der Waals surface area contributed by atoms with Crippen molar-refractivity contribution in [1.29, 1.82) is 0 Å². The molecule has 0 aromatic heterocycles. The maximum Gasteiger partial charge on any atom is 0.122 e. The normalized spacial score (nSPS) is 14.5. The van der Waals surface area contributed by atoms with E-state index in [-0.39, 0.29) is 6.04 Å². The molecular weight excluding hydrogens is 194 g/mol. The number of hydrogen-bond donors (Lipinski definition) is 2. The Morgan fingerprint density at radius 1 is 1.13 bits per heavy atom. The van der Waals surface area contributed by atoms with Crippen molar-refractivity contribution in [3.05, 3.63) is 23.8 Å². The minimum absolute atomic E-state index is 0.332. The van der Waals surface area contributed by atoms with Gasteiger partial charge in [0.2, 0.25) is 0 Å². The van der Waals surface area contributed by atoms with E-state index in [1.165, 1.54) is 0 Å². The minimum atomic E-state index is -0.714. The summed E-state index contributed by atoms with van der Waals surface area (Å²) in [7, 11) is 3.13. The van der Waals surface area contributed by atoms with Gasteiger partial charge < -0.3 is 20.3 Å². The van der Waals surface area contributed by atoms with E-state index in [4.69, 9.17) is 15.2 Å². The van der Waals surface area contributed by atoms with Crippen LogP contribution in [0.5, 0.6) is 11.5 Å². The van der Waals surface area contributed by atoms with Gasteiger partial charge in [0.1, 0.15) is 11.5 Å². The summed E-state index contributed by atoms with van der Waals surface area (Å²) in [5.74, 6) is 1.29. The molecule has 1 rings (SSSR count). The van der Waals surface area contributed by atoms with Gasteiger partial charge in [-0.3, -0.25) is 0 Å². The smallest absolute Gasteiger partial charge is 0.122 e. The average Bonchev–Trinajstić information content (AvgIpc) is 2.27. The number of rotatable bonds is 4. The van der Waals surface area contributed by atoms with Gasteiger partial charge in [0.15, 0.2) is 0 Å². The summed E-state index contributed by atoms with van der Waals surface area (Å²) in [5.41, 5.74) is 6.31. The molecule has 0 spiro atoms. The minimum Gasteiger partial charge on any atom is -0.497 e. The highest BCUT2D eigenvalue weighted by atomic mass is 16.5. The maximum absolute atomic E-state index is 9.80. The SMILES string of the molecule is COc1cc(OC)cc([C@@H](O)[C@H](C)N)c1. The van der Waals surface area contributed by atoms with Crippen LogP contribution in [0.2, 0.25) is 0 Å². The zero-order valence-corrected chi connectivity index (χ0v) is 9.23. The second-order valence-corrected chi connectivity index (χ2v) is 3.45. The first-order chi connectivity index (χ1) is 7.08. The molecule has 0 bridgehead atoms. The van der Waals surface area contributed by atoms with E-state index < -0.39 is 6.10 Å². The second kappa shape index (κ2) is 5.00. The third-order valence-corrected chi connectivity index (χ3v) is 2.21. The number of aliphatic hydroxyl groups is 1. The molecule has 0 radical (unpaired) electrons. The standard InChI is InChI=1S/C11H17NO3/c1-7(12)11(13)8-4-9(14-2)6-10(5-8)15-3/h4-7,11,13H,12H2,1-3H3/t7-,11-/m0/s1. The molecule has 0 fully saturated rings. The second-order valence-electron chi connectivity index (χ2n) is 3.45. The number of hydrogen-bond acceptors (Lipinski definition) is 4. The average molecular weight is 211 g/mol. The topological polar surface area (TPSA) is 64.7 Å². The van der Waals surface area contributed by atoms with Crippen LogP contribution in [0.15, 0.2) is 18.2 Å². The van der Waals surface area contributed by atoms with E-state index >= 15 is 0 Å². The fourth-order valence-corrected chi connectivity index (χ4v) is 1.30. The Hall–Kier alpha value is -1.26. The Bertz CT molecular complexity index is 303. The molecule has 15 heavy (non-hydrogen) atoms. The van der Waals surface area contributed by atoms with Gasteiger partial charge in [0.25, 0.3) is 0 Å². The molecule has 3 N–H and O–H groups in total. The molecule has 1 aromatic carbocycles. The molecule has 84 valence electrons. The number of ether oxygens (including phenoxy) is 2. The third kappa shape index (κ3) is 2.84. The van der Waals surface area contributed by atoms with Crippen LogP contribution in [0, 0.1) is 0 Å². The van der Waals surface area contributed by atoms with Crippen molar-refractivity contribution >= 4 is 0 Å². The van der Waals surface area contributed by atoms with Crippen molar-refractivity contribution < 1.29 is 14.6 Å². The number of aliphatic hydroxyl groups excluding tert-OH is 1. The van der Waals surface area contributed by atoms with E-state index in [2.05, 4.69) is 0 Å². The molecule has 0 saturated heterocycles. The Morgan fingerprint density at radius 2 is 1.60 bits per heavy atom. The van der Waals surface area contributed by atoms with Crippen molar-refractivity contribution in [2.75, 3.05) is 14.2 Å². The van der Waals surface area contributed by atoms with Crippen LogP contribution in [0.4, 0.5) is 0 Å². The lowest BCUT2D eigenvalue weighted by Crippen LogP contribution is -2.24. The van der Waals surface area contributed by atoms with Gasteiger partial charge in [-0.25, -0.2) is 0 Å². The van der Waals surface area contributed by atoms with Crippen molar-refractivity contribution in [2.45, 2.75) is 19.1 Å². The van der Waals surface area contributed by atoms with Crippen molar-refractivity contribution in [3.8, 4) is 11.5 Å². The lowest BCUT2D eigenvalue weighted by Gasteiger charge is -2.16. The molecule has 4 nitrogen and oxygen atoms in total. The molecule has 0 aliphatic heterocycles. The van der Waals surface area contributed by atoms with Crippen LogP contribution in [0.3, 0.4) is 0 Å². The van der Waals surface area contributed by atoms with Crippen LogP contribution >= 0.6 is 0 Å². The predicted octanol–water partition coefficient (Wildman–Crippen LogP) is 1.08. The fraction of sp³-hybridized carbons (Fsp3) is 0.455. The summed E-state index contributed by atoms with van der Waals surface area (Å²) in [4.78, 5) is 0. The first kappa shape index (κ1) is 11.8. The molecule has 0 aliphatic rings. The van der Waals surface area contributed by atoms with Crippen molar-refractivity contribution in [3.63, 3.8) is 0 Å². The largest absolute Gasteiger partial charge is 0.497 e. The Labute approximate surface area is 89.6 Å². The lowest BCUT2D eigenvalue weighted by molar-refractivity contribution is 0.152. The van der Waals surface area contributed by atoms with Crippen LogP contribution in [0.25, 0.3) is 0 Å². The molecule has 0 amide bonds. The summed E-state index contributed by atoms with van der Waals surface area (Å²) < 4.78 is 10.2. The first-order valence-electron chi connectivity index (χ1n) is 4.75. The van der Waals surface area contributed by atoms with E-state index in [0.717, 1.165) is 0 Å². The molecule has 0 saturated carbocycles. The van der Waals surface area contributed by atoms with Gasteiger partial charge in [-0.1, -0.05) is 0 Å². The van der Waals surface area contributed by atoms with E-state index in [1.54, 1.807) is 39.3 Å². The molecule has 2 atom stereocenters. The lowest BCUT2D eigenvalue weighted by atomic mass is 10.0. The Morgan fingerprint density at radius 3 is 1.93 bits per heavy atom. The van der Waals surface area contributed by atoms with Gasteiger partial charge in [-0.15, -0.1) is 0 Å². The number of nitrogens with two attached hydrogens (primary N) is 1. The molecule has 0 heterocycles. The highest BCUT2D eigenvalue weighted by Gasteiger charge is 2.14. The highest BCUT2D eigenvalue weighted by molar-refractivity contribution is 5.39.